The van der Waals surface area contributed by atoms with Gasteiger partial charge in [0.1, 0.15) is 0 Å². The molecule has 1 heterocycles. The third-order valence-electron chi connectivity index (χ3n) is 2.61. The number of hydrogen-bond acceptors (Lipinski definition) is 2. The van der Waals surface area contributed by atoms with Crippen molar-refractivity contribution in [1.29, 1.82) is 0 Å². The molecule has 1 aliphatic heterocycles. The van der Waals surface area contributed by atoms with Gasteiger partial charge in [-0.15, -0.1) is 0 Å². The van der Waals surface area contributed by atoms with Crippen LogP contribution in [-0.2, 0) is 11.3 Å². The summed E-state index contributed by atoms with van der Waals surface area (Å²) in [6, 6.07) is 10.4. The maximum Gasteiger partial charge on any atom is 0.0721 e. The number of thioether (sulfide) groups is 1. The molecule has 1 nitrogen and oxygen atoms in total. The summed E-state index contributed by atoms with van der Waals surface area (Å²) in [6.45, 7) is 0.746. The second-order valence-corrected chi connectivity index (χ2v) is 5.68. The first-order valence-electron chi connectivity index (χ1n) is 5.23. The monoisotopic (exact) mass is 286 g/mol. The molecule has 1 aliphatic rings. The molecule has 2 rings (SSSR count). The van der Waals surface area contributed by atoms with Gasteiger partial charge in [-0.05, 0) is 17.7 Å². The van der Waals surface area contributed by atoms with Gasteiger partial charge in [-0.1, -0.05) is 46.3 Å². The van der Waals surface area contributed by atoms with E-state index in [1.54, 1.807) is 0 Å². The van der Waals surface area contributed by atoms with E-state index in [0.29, 0.717) is 11.4 Å². The molecule has 0 aliphatic carbocycles. The van der Waals surface area contributed by atoms with Crippen LogP contribution in [-0.4, -0.2) is 22.4 Å². The Labute approximate surface area is 104 Å². The number of rotatable bonds is 4. The molecule has 1 aromatic carbocycles. The zero-order valence-electron chi connectivity index (χ0n) is 8.56. The summed E-state index contributed by atoms with van der Waals surface area (Å²) in [4.78, 5) is 0. The Balaban J connectivity index is 1.83. The van der Waals surface area contributed by atoms with Crippen LogP contribution in [0.5, 0.6) is 0 Å². The van der Waals surface area contributed by atoms with Gasteiger partial charge in [0.05, 0.1) is 12.7 Å². The fraction of sp³-hybridized carbons (Fsp3) is 0.500. The van der Waals surface area contributed by atoms with E-state index < -0.39 is 0 Å². The first-order chi connectivity index (χ1) is 7.40. The van der Waals surface area contributed by atoms with Gasteiger partial charge in [-0.2, -0.15) is 11.8 Å². The highest BCUT2D eigenvalue weighted by atomic mass is 79.9. The number of ether oxygens (including phenoxy) is 1. The number of benzene rings is 1. The maximum atomic E-state index is 5.94. The average Bonchev–Trinajstić information content (AvgIpc) is 2.75. The third kappa shape index (κ3) is 3.23. The maximum absolute atomic E-state index is 5.94. The van der Waals surface area contributed by atoms with Crippen molar-refractivity contribution in [2.75, 3.05) is 11.1 Å². The second kappa shape index (κ2) is 5.92. The lowest BCUT2D eigenvalue weighted by atomic mass is 10.2. The highest BCUT2D eigenvalue weighted by Gasteiger charge is 2.27. The van der Waals surface area contributed by atoms with Crippen LogP contribution in [0.1, 0.15) is 12.0 Å². The average molecular weight is 287 g/mol. The minimum atomic E-state index is 0.426. The summed E-state index contributed by atoms with van der Waals surface area (Å²) in [6.07, 6.45) is 1.61. The van der Waals surface area contributed by atoms with Crippen LogP contribution in [0.2, 0.25) is 0 Å². The molecule has 0 aromatic heterocycles. The smallest absolute Gasteiger partial charge is 0.0721 e. The predicted molar refractivity (Wildman–Crippen MR) is 69.7 cm³/mol. The van der Waals surface area contributed by atoms with Crippen LogP contribution in [0, 0.1) is 0 Å². The number of halogens is 1. The Morgan fingerprint density at radius 3 is 2.87 bits per heavy atom. The molecule has 1 aromatic rings. The normalized spacial score (nSPS) is 25.7. The van der Waals surface area contributed by atoms with E-state index in [0.717, 1.165) is 11.9 Å². The topological polar surface area (TPSA) is 9.23 Å². The fourth-order valence-electron chi connectivity index (χ4n) is 1.74. The lowest BCUT2D eigenvalue weighted by Gasteiger charge is -2.17. The highest BCUT2D eigenvalue weighted by molar-refractivity contribution is 9.09. The van der Waals surface area contributed by atoms with E-state index in [2.05, 4.69) is 40.2 Å². The van der Waals surface area contributed by atoms with Crippen molar-refractivity contribution in [3.63, 3.8) is 0 Å². The van der Waals surface area contributed by atoms with Crippen molar-refractivity contribution in [3.05, 3.63) is 35.9 Å². The van der Waals surface area contributed by atoms with Crippen LogP contribution in [0.3, 0.4) is 0 Å². The summed E-state index contributed by atoms with van der Waals surface area (Å²) in [5, 5.41) is 1.67. The quantitative estimate of drug-likeness (QED) is 0.784. The van der Waals surface area contributed by atoms with Crippen molar-refractivity contribution < 1.29 is 4.74 Å². The molecule has 0 N–H and O–H groups in total. The third-order valence-corrected chi connectivity index (χ3v) is 5.10. The van der Waals surface area contributed by atoms with E-state index in [4.69, 9.17) is 4.74 Å². The van der Waals surface area contributed by atoms with Crippen molar-refractivity contribution in [1.82, 2.24) is 0 Å². The minimum Gasteiger partial charge on any atom is -0.372 e. The molecule has 1 saturated heterocycles. The van der Waals surface area contributed by atoms with Crippen LogP contribution in [0.15, 0.2) is 30.3 Å². The molecule has 1 fully saturated rings. The predicted octanol–water partition coefficient (Wildman–Crippen LogP) is 3.47. The lowest BCUT2D eigenvalue weighted by molar-refractivity contribution is 0.0454. The van der Waals surface area contributed by atoms with Crippen LogP contribution in [0.4, 0.5) is 0 Å². The number of hydrogen-bond donors (Lipinski definition) is 0. The molecular formula is C12H15BrOS. The molecule has 0 unspecified atom stereocenters. The molecular weight excluding hydrogens is 272 g/mol. The Hall–Kier alpha value is 0.01000. The van der Waals surface area contributed by atoms with Gasteiger partial charge < -0.3 is 4.74 Å². The van der Waals surface area contributed by atoms with Gasteiger partial charge in [0, 0.05) is 10.6 Å². The van der Waals surface area contributed by atoms with Crippen LogP contribution < -0.4 is 0 Å². The Morgan fingerprint density at radius 1 is 1.33 bits per heavy atom. The lowest BCUT2D eigenvalue weighted by Crippen LogP contribution is -2.22. The van der Waals surface area contributed by atoms with Crippen LogP contribution in [0.25, 0.3) is 0 Å². The second-order valence-electron chi connectivity index (χ2n) is 3.69. The van der Waals surface area contributed by atoms with Crippen molar-refractivity contribution in [2.45, 2.75) is 24.4 Å². The van der Waals surface area contributed by atoms with Crippen molar-refractivity contribution >= 4 is 27.7 Å². The van der Waals surface area contributed by atoms with Gasteiger partial charge in [-0.3, -0.25) is 0 Å². The molecule has 0 saturated carbocycles. The molecule has 2 atom stereocenters. The van der Waals surface area contributed by atoms with Gasteiger partial charge in [-0.25, -0.2) is 0 Å². The van der Waals surface area contributed by atoms with E-state index >= 15 is 0 Å². The molecule has 0 bridgehead atoms. The number of alkyl halides is 1. The summed E-state index contributed by atoms with van der Waals surface area (Å²) >= 11 is 5.56. The van der Waals surface area contributed by atoms with E-state index in [9.17, 15) is 0 Å². The molecule has 15 heavy (non-hydrogen) atoms. The van der Waals surface area contributed by atoms with E-state index in [1.807, 2.05) is 17.8 Å². The molecule has 0 radical (unpaired) electrons. The van der Waals surface area contributed by atoms with Crippen molar-refractivity contribution in [3.8, 4) is 0 Å². The molecule has 82 valence electrons. The van der Waals surface area contributed by atoms with E-state index in [-0.39, 0.29) is 0 Å². The van der Waals surface area contributed by atoms with Gasteiger partial charge >= 0.3 is 0 Å². The minimum absolute atomic E-state index is 0.426. The first kappa shape index (κ1) is 11.5. The van der Waals surface area contributed by atoms with E-state index in [1.165, 1.54) is 17.7 Å². The highest BCUT2D eigenvalue weighted by Crippen LogP contribution is 2.30. The summed E-state index contributed by atoms with van der Waals surface area (Å²) in [5.41, 5.74) is 1.27. The Morgan fingerprint density at radius 2 is 2.13 bits per heavy atom. The van der Waals surface area contributed by atoms with Crippen molar-refractivity contribution in [2.24, 2.45) is 0 Å². The SMILES string of the molecule is BrC[C@@H]1SCC[C@@H]1OCc1ccccc1. The van der Waals surface area contributed by atoms with Gasteiger partial charge in [0.25, 0.3) is 0 Å². The standard InChI is InChI=1S/C12H15BrOS/c13-8-12-11(6-7-15-12)14-9-10-4-2-1-3-5-10/h1-5,11-12H,6-9H2/t11-,12-/m0/s1. The molecule has 3 heteroatoms. The summed E-state index contributed by atoms with van der Waals surface area (Å²) in [7, 11) is 0. The zero-order chi connectivity index (χ0) is 10.5. The fourth-order valence-corrected chi connectivity index (χ4v) is 3.91. The molecule has 0 spiro atoms. The molecule has 0 amide bonds. The largest absolute Gasteiger partial charge is 0.372 e. The summed E-state index contributed by atoms with van der Waals surface area (Å²) in [5.74, 6) is 1.23. The first-order valence-corrected chi connectivity index (χ1v) is 7.40. The zero-order valence-corrected chi connectivity index (χ0v) is 11.0. The van der Waals surface area contributed by atoms with Gasteiger partial charge in [0.15, 0.2) is 0 Å². The summed E-state index contributed by atoms with van der Waals surface area (Å²) < 4.78 is 5.94. The Bertz CT molecular complexity index is 291. The van der Waals surface area contributed by atoms with Crippen LogP contribution >= 0.6 is 27.7 Å². The van der Waals surface area contributed by atoms with Gasteiger partial charge in [0.2, 0.25) is 0 Å². The Kier molecular flexibility index (Phi) is 4.54.